The third-order valence-corrected chi connectivity index (χ3v) is 7.10. The first-order valence-corrected chi connectivity index (χ1v) is 13.2. The van der Waals surface area contributed by atoms with E-state index in [4.69, 9.17) is 14.5 Å². The minimum atomic E-state index is -0.696. The predicted molar refractivity (Wildman–Crippen MR) is 153 cm³/mol. The molecule has 0 radical (unpaired) electrons. The van der Waals surface area contributed by atoms with Crippen LogP contribution in [0.2, 0.25) is 0 Å². The Balaban J connectivity index is 1.69. The van der Waals surface area contributed by atoms with Gasteiger partial charge in [0.25, 0.3) is 5.56 Å². The molecular weight excluding hydrogens is 548 g/mol. The van der Waals surface area contributed by atoms with Gasteiger partial charge in [0.1, 0.15) is 11.6 Å². The monoisotopic (exact) mass is 578 g/mol. The number of aryl methyl sites for hydroxylation is 1. The molecule has 0 amide bonds. The van der Waals surface area contributed by atoms with Crippen LogP contribution in [0.3, 0.4) is 0 Å². The molecule has 0 aliphatic rings. The number of fused-ring (bicyclic) bond motifs is 1. The summed E-state index contributed by atoms with van der Waals surface area (Å²) in [6.07, 6.45) is 1.85. The second kappa shape index (κ2) is 11.3. The van der Waals surface area contributed by atoms with E-state index in [1.54, 1.807) is 19.2 Å². The van der Waals surface area contributed by atoms with Crippen LogP contribution in [0.4, 0.5) is 0 Å². The molecule has 0 aliphatic heterocycles. The summed E-state index contributed by atoms with van der Waals surface area (Å²) in [5.41, 5.74) is 4.26. The Hall–Kier alpha value is -3.72. The molecule has 0 spiro atoms. The lowest BCUT2D eigenvalue weighted by atomic mass is 10.1. The van der Waals surface area contributed by atoms with E-state index in [1.807, 2.05) is 63.2 Å². The fourth-order valence-corrected chi connectivity index (χ4v) is 4.67. The molecule has 2 atom stereocenters. The highest BCUT2D eigenvalue weighted by molar-refractivity contribution is 9.10. The van der Waals surface area contributed by atoms with Crippen LogP contribution in [0.25, 0.3) is 16.6 Å². The molecule has 8 nitrogen and oxygen atoms in total. The molecule has 0 fully saturated rings. The first kappa shape index (κ1) is 27.3. The quantitative estimate of drug-likeness (QED) is 0.192. The van der Waals surface area contributed by atoms with Gasteiger partial charge in [-0.2, -0.15) is 9.78 Å². The molecule has 0 unspecified atom stereocenters. The number of esters is 1. The van der Waals surface area contributed by atoms with Crippen molar-refractivity contribution < 1.29 is 14.3 Å². The lowest BCUT2D eigenvalue weighted by Gasteiger charge is -2.14. The highest BCUT2D eigenvalue weighted by atomic mass is 79.9. The number of carbonyl (C=O) groups excluding carboxylic acids is 1. The normalized spacial score (nSPS) is 13.1. The van der Waals surface area contributed by atoms with Gasteiger partial charge in [0.15, 0.2) is 6.10 Å². The van der Waals surface area contributed by atoms with Crippen molar-refractivity contribution in [3.8, 4) is 11.4 Å². The predicted octanol–water partition coefficient (Wildman–Crippen LogP) is 5.90. The van der Waals surface area contributed by atoms with Gasteiger partial charge in [-0.3, -0.25) is 4.79 Å². The van der Waals surface area contributed by atoms with E-state index in [0.717, 1.165) is 33.5 Å². The summed E-state index contributed by atoms with van der Waals surface area (Å²) in [6.45, 7) is 9.78. The molecule has 2 aromatic heterocycles. The Kier molecular flexibility index (Phi) is 8.16. The summed E-state index contributed by atoms with van der Waals surface area (Å²) in [5.74, 6) is 0.834. The van der Waals surface area contributed by atoms with Gasteiger partial charge in [-0.15, -0.1) is 0 Å². The molecule has 198 valence electrons. The number of nitrogens with zero attached hydrogens (tertiary/aromatic N) is 4. The van der Waals surface area contributed by atoms with Crippen molar-refractivity contribution in [2.45, 2.75) is 53.1 Å². The van der Waals surface area contributed by atoms with Crippen molar-refractivity contribution in [1.29, 1.82) is 0 Å². The number of hydrogen-bond acceptors (Lipinski definition) is 6. The minimum Gasteiger partial charge on any atom is -0.479 e. The molecular formula is C29H31BrN4O4. The average Bonchev–Trinajstić information content (AvgIpc) is 3.20. The highest BCUT2D eigenvalue weighted by Crippen LogP contribution is 2.24. The first-order chi connectivity index (χ1) is 18.1. The van der Waals surface area contributed by atoms with E-state index < -0.39 is 12.1 Å². The number of methoxy groups -OCH3 is 1. The van der Waals surface area contributed by atoms with Gasteiger partial charge in [-0.25, -0.2) is 9.78 Å². The topological polar surface area (TPSA) is 87.7 Å². The molecule has 38 heavy (non-hydrogen) atoms. The largest absolute Gasteiger partial charge is 0.479 e. The summed E-state index contributed by atoms with van der Waals surface area (Å²) in [6, 6.07) is 15.0. The lowest BCUT2D eigenvalue weighted by molar-refractivity contribution is -0.147. The van der Waals surface area contributed by atoms with Gasteiger partial charge in [0, 0.05) is 33.0 Å². The Morgan fingerprint density at radius 1 is 1.13 bits per heavy atom. The maximum Gasteiger partial charge on any atom is 0.346 e. The van der Waals surface area contributed by atoms with E-state index in [1.165, 1.54) is 11.8 Å². The molecule has 4 aromatic rings. The van der Waals surface area contributed by atoms with E-state index >= 15 is 0 Å². The van der Waals surface area contributed by atoms with E-state index in [9.17, 15) is 9.59 Å². The minimum absolute atomic E-state index is 0.0583. The van der Waals surface area contributed by atoms with Crippen molar-refractivity contribution in [3.63, 3.8) is 0 Å². The van der Waals surface area contributed by atoms with Crippen LogP contribution in [0.15, 0.2) is 62.9 Å². The van der Waals surface area contributed by atoms with Gasteiger partial charge in [0.05, 0.1) is 24.2 Å². The SMILES string of the molecule is CC[C@H](C)c1nc2ccc(Br)cc2c(=O)n1N=Cc1cc(C)n(-c2ccc(O[C@H](C)C(=O)OC)cc2)c1C. The first-order valence-electron chi connectivity index (χ1n) is 12.4. The van der Waals surface area contributed by atoms with Gasteiger partial charge in [-0.1, -0.05) is 29.8 Å². The maximum absolute atomic E-state index is 13.4. The van der Waals surface area contributed by atoms with Gasteiger partial charge in [-0.05, 0) is 75.7 Å². The summed E-state index contributed by atoms with van der Waals surface area (Å²) in [7, 11) is 1.33. The van der Waals surface area contributed by atoms with Crippen LogP contribution in [-0.2, 0) is 9.53 Å². The van der Waals surface area contributed by atoms with E-state index in [2.05, 4.69) is 32.5 Å². The number of carbonyl (C=O) groups is 1. The number of halogens is 1. The van der Waals surface area contributed by atoms with Crippen molar-refractivity contribution in [3.05, 3.63) is 86.1 Å². The molecule has 0 saturated heterocycles. The van der Waals surface area contributed by atoms with Gasteiger partial charge >= 0.3 is 5.97 Å². The highest BCUT2D eigenvalue weighted by Gasteiger charge is 2.17. The molecule has 9 heteroatoms. The third kappa shape index (κ3) is 5.43. The van der Waals surface area contributed by atoms with E-state index in [0.29, 0.717) is 22.5 Å². The Labute approximate surface area is 230 Å². The van der Waals surface area contributed by atoms with Crippen molar-refractivity contribution in [1.82, 2.24) is 14.2 Å². The van der Waals surface area contributed by atoms with Crippen LogP contribution < -0.4 is 10.3 Å². The second-order valence-electron chi connectivity index (χ2n) is 9.24. The molecule has 2 heterocycles. The summed E-state index contributed by atoms with van der Waals surface area (Å²) >= 11 is 3.45. The number of benzene rings is 2. The number of hydrogen-bond donors (Lipinski definition) is 0. The molecule has 2 aromatic carbocycles. The Morgan fingerprint density at radius 3 is 2.50 bits per heavy atom. The van der Waals surface area contributed by atoms with Crippen LogP contribution in [0.1, 0.15) is 55.9 Å². The average molecular weight is 579 g/mol. The molecule has 0 bridgehead atoms. The van der Waals surface area contributed by atoms with Crippen molar-refractivity contribution in [2.24, 2.45) is 5.10 Å². The van der Waals surface area contributed by atoms with Crippen LogP contribution in [-0.4, -0.2) is 39.6 Å². The summed E-state index contributed by atoms with van der Waals surface area (Å²) in [4.78, 5) is 29.9. The number of rotatable bonds is 8. The molecule has 0 saturated carbocycles. The van der Waals surface area contributed by atoms with Gasteiger partial charge < -0.3 is 14.0 Å². The zero-order valence-electron chi connectivity index (χ0n) is 22.4. The fraction of sp³-hybridized carbons (Fsp3) is 0.310. The fourth-order valence-electron chi connectivity index (χ4n) is 4.31. The van der Waals surface area contributed by atoms with Crippen LogP contribution in [0.5, 0.6) is 5.75 Å². The smallest absolute Gasteiger partial charge is 0.346 e. The number of aromatic nitrogens is 3. The zero-order chi connectivity index (χ0) is 27.6. The van der Waals surface area contributed by atoms with Crippen molar-refractivity contribution in [2.75, 3.05) is 7.11 Å². The Bertz CT molecular complexity index is 1570. The molecule has 4 rings (SSSR count). The van der Waals surface area contributed by atoms with E-state index in [-0.39, 0.29) is 11.5 Å². The summed E-state index contributed by atoms with van der Waals surface area (Å²) < 4.78 is 14.7. The van der Waals surface area contributed by atoms with Gasteiger partial charge in [0.2, 0.25) is 0 Å². The summed E-state index contributed by atoms with van der Waals surface area (Å²) in [5, 5.41) is 5.14. The lowest BCUT2D eigenvalue weighted by Crippen LogP contribution is -2.24. The van der Waals surface area contributed by atoms with Crippen molar-refractivity contribution >= 4 is 39.0 Å². The number of ether oxygens (including phenoxy) is 2. The molecule has 0 aliphatic carbocycles. The standard InChI is InChI=1S/C29H31BrN4O4/c1-7-17(2)27-32-26-13-8-22(30)15-25(26)28(35)34(27)31-16-21-14-18(3)33(19(21)4)23-9-11-24(12-10-23)38-20(5)29(36)37-6/h8-17,20H,7H2,1-6H3/t17-,20+/m0/s1. The Morgan fingerprint density at radius 2 is 1.84 bits per heavy atom. The van der Waals surface area contributed by atoms with Crippen LogP contribution >= 0.6 is 15.9 Å². The maximum atomic E-state index is 13.4. The third-order valence-electron chi connectivity index (χ3n) is 6.61. The second-order valence-corrected chi connectivity index (χ2v) is 10.2. The van der Waals surface area contributed by atoms with Crippen LogP contribution in [0, 0.1) is 13.8 Å². The zero-order valence-corrected chi connectivity index (χ0v) is 23.9. The molecule has 0 N–H and O–H groups in total.